The Morgan fingerprint density at radius 1 is 1.15 bits per heavy atom. The Hall–Kier alpha value is -1.06. The Bertz CT molecular complexity index is 375. The van der Waals surface area contributed by atoms with E-state index in [1.807, 2.05) is 0 Å². The molecular formula is C17H30N2O. The quantitative estimate of drug-likeness (QED) is 0.665. The van der Waals surface area contributed by atoms with E-state index >= 15 is 0 Å². The number of benzene rings is 1. The molecular weight excluding hydrogens is 248 g/mol. The van der Waals surface area contributed by atoms with Crippen molar-refractivity contribution in [1.82, 2.24) is 10.2 Å². The van der Waals surface area contributed by atoms with Gasteiger partial charge in [0.1, 0.15) is 12.4 Å². The predicted octanol–water partition coefficient (Wildman–Crippen LogP) is 3.22. The molecule has 1 aromatic rings. The van der Waals surface area contributed by atoms with Crippen LogP contribution in [-0.4, -0.2) is 37.7 Å². The van der Waals surface area contributed by atoms with Crippen LogP contribution in [0.15, 0.2) is 18.2 Å². The second-order valence-corrected chi connectivity index (χ2v) is 5.16. The molecule has 0 bridgehead atoms. The Morgan fingerprint density at radius 2 is 1.90 bits per heavy atom. The van der Waals surface area contributed by atoms with Gasteiger partial charge in [-0.3, -0.25) is 0 Å². The first kappa shape index (κ1) is 17.0. The van der Waals surface area contributed by atoms with Crippen LogP contribution in [0.4, 0.5) is 0 Å². The Kier molecular flexibility index (Phi) is 8.31. The van der Waals surface area contributed by atoms with E-state index in [4.69, 9.17) is 4.74 Å². The van der Waals surface area contributed by atoms with Gasteiger partial charge in [0.05, 0.1) is 0 Å². The molecule has 0 aromatic heterocycles. The Balaban J connectivity index is 2.54. The maximum absolute atomic E-state index is 5.98. The molecule has 1 aromatic carbocycles. The third-order valence-electron chi connectivity index (χ3n) is 3.52. The van der Waals surface area contributed by atoms with Gasteiger partial charge in [-0.1, -0.05) is 38.5 Å². The van der Waals surface area contributed by atoms with Crippen LogP contribution in [0.25, 0.3) is 0 Å². The summed E-state index contributed by atoms with van der Waals surface area (Å²) in [7, 11) is 0. The first-order valence-electron chi connectivity index (χ1n) is 7.86. The SMILES string of the molecule is CCCNCc1cc(C)ccc1OCCN(CC)CC. The van der Waals surface area contributed by atoms with Crippen LogP contribution in [0.5, 0.6) is 5.75 Å². The van der Waals surface area contributed by atoms with Crippen molar-refractivity contribution in [2.45, 2.75) is 40.7 Å². The lowest BCUT2D eigenvalue weighted by molar-refractivity contribution is 0.221. The van der Waals surface area contributed by atoms with Crippen LogP contribution >= 0.6 is 0 Å². The summed E-state index contributed by atoms with van der Waals surface area (Å²) in [6, 6.07) is 6.44. The molecule has 0 saturated carbocycles. The van der Waals surface area contributed by atoms with Gasteiger partial charge in [-0.25, -0.2) is 0 Å². The molecule has 0 aliphatic carbocycles. The third-order valence-corrected chi connectivity index (χ3v) is 3.52. The molecule has 3 nitrogen and oxygen atoms in total. The van der Waals surface area contributed by atoms with Crippen LogP contribution in [-0.2, 0) is 6.54 Å². The highest BCUT2D eigenvalue weighted by atomic mass is 16.5. The first-order valence-corrected chi connectivity index (χ1v) is 7.86. The first-order chi connectivity index (χ1) is 9.71. The van der Waals surface area contributed by atoms with Gasteiger partial charge in [0.15, 0.2) is 0 Å². The topological polar surface area (TPSA) is 24.5 Å². The van der Waals surface area contributed by atoms with Crippen molar-refractivity contribution < 1.29 is 4.74 Å². The van der Waals surface area contributed by atoms with E-state index < -0.39 is 0 Å². The zero-order chi connectivity index (χ0) is 14.8. The van der Waals surface area contributed by atoms with Crippen molar-refractivity contribution in [3.05, 3.63) is 29.3 Å². The molecule has 0 heterocycles. The van der Waals surface area contributed by atoms with Crippen molar-refractivity contribution in [3.8, 4) is 5.75 Å². The van der Waals surface area contributed by atoms with Gasteiger partial charge in [0.2, 0.25) is 0 Å². The van der Waals surface area contributed by atoms with E-state index in [0.717, 1.165) is 51.5 Å². The normalized spacial score (nSPS) is 11.1. The molecule has 0 aliphatic rings. The molecule has 0 radical (unpaired) electrons. The fourth-order valence-corrected chi connectivity index (χ4v) is 2.21. The van der Waals surface area contributed by atoms with E-state index in [9.17, 15) is 0 Å². The van der Waals surface area contributed by atoms with Gasteiger partial charge in [0, 0.05) is 18.7 Å². The van der Waals surface area contributed by atoms with Gasteiger partial charge in [-0.15, -0.1) is 0 Å². The fourth-order valence-electron chi connectivity index (χ4n) is 2.21. The summed E-state index contributed by atoms with van der Waals surface area (Å²) in [5, 5.41) is 3.45. The van der Waals surface area contributed by atoms with Crippen molar-refractivity contribution >= 4 is 0 Å². The predicted molar refractivity (Wildman–Crippen MR) is 86.5 cm³/mol. The lowest BCUT2D eigenvalue weighted by Crippen LogP contribution is -2.28. The molecule has 0 amide bonds. The fraction of sp³-hybridized carbons (Fsp3) is 0.647. The maximum Gasteiger partial charge on any atom is 0.123 e. The number of ether oxygens (including phenoxy) is 1. The number of aryl methyl sites for hydroxylation is 1. The molecule has 0 aliphatic heterocycles. The summed E-state index contributed by atoms with van der Waals surface area (Å²) in [6.07, 6.45) is 1.16. The number of rotatable bonds is 10. The summed E-state index contributed by atoms with van der Waals surface area (Å²) in [5.41, 5.74) is 2.55. The van der Waals surface area contributed by atoms with E-state index in [2.05, 4.69) is 56.1 Å². The summed E-state index contributed by atoms with van der Waals surface area (Å²) in [5.74, 6) is 1.02. The monoisotopic (exact) mass is 278 g/mol. The van der Waals surface area contributed by atoms with Gasteiger partial charge in [-0.05, 0) is 39.0 Å². The van der Waals surface area contributed by atoms with Crippen LogP contribution < -0.4 is 10.1 Å². The van der Waals surface area contributed by atoms with Crippen molar-refractivity contribution in [1.29, 1.82) is 0 Å². The molecule has 0 atom stereocenters. The minimum Gasteiger partial charge on any atom is -0.492 e. The molecule has 3 heteroatoms. The summed E-state index contributed by atoms with van der Waals surface area (Å²) < 4.78 is 5.98. The average Bonchev–Trinajstić information content (AvgIpc) is 2.46. The molecule has 20 heavy (non-hydrogen) atoms. The lowest BCUT2D eigenvalue weighted by Gasteiger charge is -2.19. The second kappa shape index (κ2) is 9.78. The van der Waals surface area contributed by atoms with E-state index in [1.165, 1.54) is 11.1 Å². The van der Waals surface area contributed by atoms with Crippen molar-refractivity contribution in [3.63, 3.8) is 0 Å². The molecule has 0 spiro atoms. The largest absolute Gasteiger partial charge is 0.492 e. The zero-order valence-electron chi connectivity index (χ0n) is 13.5. The second-order valence-electron chi connectivity index (χ2n) is 5.16. The summed E-state index contributed by atoms with van der Waals surface area (Å²) in [4.78, 5) is 2.38. The van der Waals surface area contributed by atoms with Crippen LogP contribution in [0.3, 0.4) is 0 Å². The van der Waals surface area contributed by atoms with Crippen molar-refractivity contribution in [2.75, 3.05) is 32.8 Å². The molecule has 0 saturated heterocycles. The van der Waals surface area contributed by atoms with Gasteiger partial charge < -0.3 is 15.0 Å². The molecule has 0 fully saturated rings. The molecule has 114 valence electrons. The summed E-state index contributed by atoms with van der Waals surface area (Å²) >= 11 is 0. The average molecular weight is 278 g/mol. The highest BCUT2D eigenvalue weighted by Gasteiger charge is 2.05. The number of nitrogens with zero attached hydrogens (tertiary/aromatic N) is 1. The van der Waals surface area contributed by atoms with Crippen molar-refractivity contribution in [2.24, 2.45) is 0 Å². The number of hydrogen-bond acceptors (Lipinski definition) is 3. The van der Waals surface area contributed by atoms with Gasteiger partial charge in [0.25, 0.3) is 0 Å². The maximum atomic E-state index is 5.98. The smallest absolute Gasteiger partial charge is 0.123 e. The minimum absolute atomic E-state index is 0.755. The highest BCUT2D eigenvalue weighted by Crippen LogP contribution is 2.20. The number of hydrogen-bond donors (Lipinski definition) is 1. The highest BCUT2D eigenvalue weighted by molar-refractivity contribution is 5.36. The van der Waals surface area contributed by atoms with E-state index in [-0.39, 0.29) is 0 Å². The minimum atomic E-state index is 0.755. The molecule has 1 rings (SSSR count). The number of likely N-dealkylation sites (N-methyl/N-ethyl adjacent to an activating group) is 1. The van der Waals surface area contributed by atoms with Crippen LogP contribution in [0, 0.1) is 6.92 Å². The Morgan fingerprint density at radius 3 is 2.55 bits per heavy atom. The van der Waals surface area contributed by atoms with E-state index in [0.29, 0.717) is 0 Å². The zero-order valence-corrected chi connectivity index (χ0v) is 13.5. The third kappa shape index (κ3) is 5.93. The number of nitrogens with one attached hydrogen (secondary N) is 1. The molecule has 1 N–H and O–H groups in total. The lowest BCUT2D eigenvalue weighted by atomic mass is 10.1. The van der Waals surface area contributed by atoms with Crippen LogP contribution in [0.2, 0.25) is 0 Å². The summed E-state index contributed by atoms with van der Waals surface area (Å²) in [6.45, 7) is 14.5. The molecule has 0 unspecified atom stereocenters. The van der Waals surface area contributed by atoms with E-state index in [1.54, 1.807) is 0 Å². The van der Waals surface area contributed by atoms with Gasteiger partial charge >= 0.3 is 0 Å². The standard InChI is InChI=1S/C17H30N2O/c1-5-10-18-14-16-13-15(4)8-9-17(16)20-12-11-19(6-2)7-3/h8-9,13,18H,5-7,10-12,14H2,1-4H3. The van der Waals surface area contributed by atoms with Crippen LogP contribution in [0.1, 0.15) is 38.3 Å². The van der Waals surface area contributed by atoms with Gasteiger partial charge in [-0.2, -0.15) is 0 Å². The Labute approximate surface area is 124 Å².